The summed E-state index contributed by atoms with van der Waals surface area (Å²) >= 11 is 0. The molecule has 1 aliphatic rings. The lowest BCUT2D eigenvalue weighted by molar-refractivity contribution is -0.140. The number of rotatable bonds is 32. The average molecular weight is 1220 g/mol. The third kappa shape index (κ3) is 23.1. The minimum absolute atomic E-state index is 0.00272. The Labute approximate surface area is 483 Å². The van der Waals surface area contributed by atoms with Crippen molar-refractivity contribution in [3.63, 3.8) is 0 Å². The lowest BCUT2D eigenvalue weighted by Gasteiger charge is -2.33. The topological polar surface area (TPSA) is 447 Å². The number of carboxylic acid groups (broad SMARTS) is 4. The van der Waals surface area contributed by atoms with Gasteiger partial charge in [-0.1, -0.05) is 0 Å². The SMILES string of the molecule is Cc1cc(OCCCC(=O)NCCNC(=O)C(CS(=O)(=O)O)NC(=O)CN2CCN(CC(=O)O)CCN(CC(=O)O)CCN(CC(=O)O)CC2)cc(C)c1S(=O)(=O)NC(CNC(=O)c1ccc2c(cnn2CCCNc2ncc[nH]2)c1)C(=O)O. The molecule has 1 saturated heterocycles. The van der Waals surface area contributed by atoms with Crippen LogP contribution in [0.1, 0.15) is 40.7 Å². The van der Waals surface area contributed by atoms with Gasteiger partial charge in [0.05, 0.1) is 49.4 Å². The number of hydrogen-bond donors (Lipinski definition) is 12. The van der Waals surface area contributed by atoms with Crippen molar-refractivity contribution >= 4 is 84.5 Å². The molecule has 0 radical (unpaired) electrons. The van der Waals surface area contributed by atoms with Gasteiger partial charge in [-0.15, -0.1) is 0 Å². The second-order valence-electron chi connectivity index (χ2n) is 19.7. The van der Waals surface area contributed by atoms with Crippen molar-refractivity contribution in [2.45, 2.75) is 56.6 Å². The fraction of sp³-hybridized carbons (Fsp3) is 0.520. The Morgan fingerprint density at radius 3 is 1.81 bits per heavy atom. The van der Waals surface area contributed by atoms with E-state index in [1.54, 1.807) is 51.3 Å². The largest absolute Gasteiger partial charge is 0.494 e. The highest BCUT2D eigenvalue weighted by molar-refractivity contribution is 7.89. The molecule has 0 bridgehead atoms. The number of ether oxygens (including phenoxy) is 1. The Bertz CT molecular complexity index is 3110. The summed E-state index contributed by atoms with van der Waals surface area (Å²) in [6.45, 7) is 2.31. The Morgan fingerprint density at radius 2 is 1.27 bits per heavy atom. The van der Waals surface area contributed by atoms with E-state index in [1.807, 2.05) is 0 Å². The van der Waals surface area contributed by atoms with Gasteiger partial charge < -0.3 is 56.7 Å². The number of carbonyl (C=O) groups excluding carboxylic acids is 4. The maximum atomic E-state index is 13.6. The number of carboxylic acids is 4. The summed E-state index contributed by atoms with van der Waals surface area (Å²) in [5.41, 5.74) is 1.40. The number of aromatic nitrogens is 4. The zero-order valence-electron chi connectivity index (χ0n) is 46.3. The zero-order valence-corrected chi connectivity index (χ0v) is 48.0. The summed E-state index contributed by atoms with van der Waals surface area (Å²) in [5.74, 6) is -8.29. The number of H-pyrrole nitrogens is 1. The molecule has 12 N–H and O–H groups in total. The minimum atomic E-state index is -4.84. The second-order valence-corrected chi connectivity index (χ2v) is 22.9. The van der Waals surface area contributed by atoms with Crippen molar-refractivity contribution in [2.24, 2.45) is 0 Å². The van der Waals surface area contributed by atoms with Crippen molar-refractivity contribution in [3.05, 3.63) is 65.6 Å². The first kappa shape index (κ1) is 66.9. The van der Waals surface area contributed by atoms with Crippen LogP contribution in [0.5, 0.6) is 5.75 Å². The molecule has 4 amide bonds. The summed E-state index contributed by atoms with van der Waals surface area (Å²) in [6, 6.07) is 4.16. The smallest absolute Gasteiger partial charge is 0.323 e. The monoisotopic (exact) mass is 1220 g/mol. The Balaban J connectivity index is 1.05. The summed E-state index contributed by atoms with van der Waals surface area (Å²) in [6.07, 6.45) is 5.79. The number of nitrogens with one attached hydrogen (secondary N) is 7. The molecule has 462 valence electrons. The first-order chi connectivity index (χ1) is 39.7. The van der Waals surface area contributed by atoms with E-state index in [1.165, 1.54) is 35.8 Å². The van der Waals surface area contributed by atoms with E-state index in [9.17, 15) is 80.2 Å². The highest BCUT2D eigenvalue weighted by Gasteiger charge is 2.30. The van der Waals surface area contributed by atoms with Crippen LogP contribution in [-0.4, -0.2) is 258 Å². The standard InChI is InChI=1S/C50H72N14O18S2/c1-33-23-37(24-34(2)46(33)84(80,81)59-38(49(75)76)27-56-47(73)35-6-7-40-36(25-35)26-57-64(40)13-4-8-53-50-54-11-12-55-50)82-22-3-5-41(65)51-9-10-52-48(74)39(32-83(77,78)79)58-42(66)28-60-14-16-61(29-43(67)68)18-20-63(31-45(71)72)21-19-62(17-15-60)30-44(69)70/h6-7,11-12,23-26,38-39,59H,3-5,8-10,13-22,27-32H2,1-2H3,(H,51,65)(H,52,74)(H,56,73)(H,58,66)(H,67,68)(H,69,70)(H,71,72)(H,75,76)(H2,53,54,55)(H,77,78,79). The molecular formula is C50H72N14O18S2. The van der Waals surface area contributed by atoms with E-state index in [0.29, 0.717) is 24.4 Å². The highest BCUT2D eigenvalue weighted by Crippen LogP contribution is 2.26. The quantitative estimate of drug-likeness (QED) is 0.0175. The van der Waals surface area contributed by atoms with Crippen LogP contribution in [-0.2, 0) is 60.2 Å². The maximum absolute atomic E-state index is 13.6. The molecule has 5 rings (SSSR count). The van der Waals surface area contributed by atoms with Gasteiger partial charge in [0, 0.05) is 115 Å². The predicted molar refractivity (Wildman–Crippen MR) is 299 cm³/mol. The maximum Gasteiger partial charge on any atom is 0.323 e. The van der Waals surface area contributed by atoms with Crippen LogP contribution in [0, 0.1) is 13.8 Å². The Hall–Kier alpha value is -7.86. The fourth-order valence-electron chi connectivity index (χ4n) is 8.99. The predicted octanol–water partition coefficient (Wildman–Crippen LogP) is -2.72. The molecule has 2 aromatic carbocycles. The van der Waals surface area contributed by atoms with Gasteiger partial charge in [0.1, 0.15) is 23.6 Å². The van der Waals surface area contributed by atoms with Gasteiger partial charge in [0.15, 0.2) is 5.95 Å². The number of aryl methyl sites for hydroxylation is 3. The molecule has 1 fully saturated rings. The molecule has 2 aromatic heterocycles. The third-order valence-electron chi connectivity index (χ3n) is 13.0. The molecule has 2 atom stereocenters. The molecule has 0 spiro atoms. The lowest BCUT2D eigenvalue weighted by Crippen LogP contribution is -2.54. The molecular weight excluding hydrogens is 1150 g/mol. The van der Waals surface area contributed by atoms with Crippen molar-refractivity contribution in [1.82, 2.24) is 65.3 Å². The summed E-state index contributed by atoms with van der Waals surface area (Å²) in [4.78, 5) is 112. The summed E-state index contributed by atoms with van der Waals surface area (Å²) in [5, 5.41) is 56.3. The van der Waals surface area contributed by atoms with Gasteiger partial charge >= 0.3 is 23.9 Å². The van der Waals surface area contributed by atoms with Crippen molar-refractivity contribution in [1.29, 1.82) is 0 Å². The highest BCUT2D eigenvalue weighted by atomic mass is 32.2. The van der Waals surface area contributed by atoms with E-state index >= 15 is 0 Å². The summed E-state index contributed by atoms with van der Waals surface area (Å²) < 4.78 is 70.5. The molecule has 84 heavy (non-hydrogen) atoms. The van der Waals surface area contributed by atoms with E-state index < -0.39 is 112 Å². The molecule has 0 aliphatic carbocycles. The van der Waals surface area contributed by atoms with E-state index in [-0.39, 0.29) is 119 Å². The normalized spacial score (nSPS) is 15.2. The number of anilines is 1. The third-order valence-corrected chi connectivity index (χ3v) is 15.5. The van der Waals surface area contributed by atoms with Crippen molar-refractivity contribution in [2.75, 3.05) is 122 Å². The van der Waals surface area contributed by atoms with Crippen LogP contribution in [0.2, 0.25) is 0 Å². The van der Waals surface area contributed by atoms with Crippen LogP contribution in [0.4, 0.5) is 5.95 Å². The average Bonchev–Trinajstić information content (AvgIpc) is 3.15. The Morgan fingerprint density at radius 1 is 0.702 bits per heavy atom. The van der Waals surface area contributed by atoms with Gasteiger partial charge in [-0.2, -0.15) is 18.2 Å². The molecule has 0 saturated carbocycles. The van der Waals surface area contributed by atoms with Crippen LogP contribution >= 0.6 is 0 Å². The lowest BCUT2D eigenvalue weighted by atomic mass is 10.1. The number of fused-ring (bicyclic) bond motifs is 1. The van der Waals surface area contributed by atoms with Gasteiger partial charge in [-0.25, -0.2) is 13.4 Å². The molecule has 34 heteroatoms. The first-order valence-corrected chi connectivity index (χ1v) is 29.6. The van der Waals surface area contributed by atoms with E-state index in [0.717, 1.165) is 11.9 Å². The first-order valence-electron chi connectivity index (χ1n) is 26.5. The van der Waals surface area contributed by atoms with Crippen LogP contribution in [0.25, 0.3) is 10.9 Å². The van der Waals surface area contributed by atoms with Gasteiger partial charge in [0.2, 0.25) is 27.7 Å². The van der Waals surface area contributed by atoms with Crippen molar-refractivity contribution in [3.8, 4) is 5.75 Å². The number of imidazole rings is 1. The number of nitrogens with zero attached hydrogens (tertiary/aromatic N) is 7. The van der Waals surface area contributed by atoms with E-state index in [2.05, 4.69) is 46.4 Å². The second kappa shape index (κ2) is 32.3. The number of carbonyl (C=O) groups is 8. The van der Waals surface area contributed by atoms with Crippen molar-refractivity contribution < 1.29 is 84.9 Å². The van der Waals surface area contributed by atoms with E-state index in [4.69, 9.17) is 4.74 Å². The number of aliphatic carboxylic acids is 4. The number of sulfonamides is 1. The zero-order chi connectivity index (χ0) is 61.6. The van der Waals surface area contributed by atoms with Gasteiger partial charge in [-0.05, 0) is 68.1 Å². The van der Waals surface area contributed by atoms with Gasteiger partial charge in [-0.3, -0.25) is 67.2 Å². The molecule has 1 aliphatic heterocycles. The van der Waals surface area contributed by atoms with Gasteiger partial charge in [0.25, 0.3) is 16.0 Å². The van der Waals surface area contributed by atoms with Crippen LogP contribution in [0.3, 0.4) is 0 Å². The van der Waals surface area contributed by atoms with Crippen LogP contribution in [0.15, 0.2) is 53.8 Å². The Kier molecular flexibility index (Phi) is 25.7. The molecule has 3 heterocycles. The fourth-order valence-corrected chi connectivity index (χ4v) is 11.3. The number of amides is 4. The number of benzene rings is 2. The number of aromatic amines is 1. The molecule has 4 aromatic rings. The summed E-state index contributed by atoms with van der Waals surface area (Å²) in [7, 11) is -9.32. The minimum Gasteiger partial charge on any atom is -0.494 e. The number of hydrogen-bond acceptors (Lipinski definition) is 20. The molecule has 32 nitrogen and oxygen atoms in total. The van der Waals surface area contributed by atoms with Crippen LogP contribution < -0.4 is 36.0 Å². The molecule has 2 unspecified atom stereocenters.